The summed E-state index contributed by atoms with van der Waals surface area (Å²) in [7, 11) is 1.41. The predicted octanol–water partition coefficient (Wildman–Crippen LogP) is 2.65. The zero-order valence-corrected chi connectivity index (χ0v) is 17.2. The molecule has 9 heteroatoms. The van der Waals surface area contributed by atoms with Crippen LogP contribution in [0.15, 0.2) is 24.7 Å². The topological polar surface area (TPSA) is 101 Å². The van der Waals surface area contributed by atoms with Crippen molar-refractivity contribution in [2.75, 3.05) is 26.8 Å². The number of aromatic nitrogens is 3. The zero-order chi connectivity index (χ0) is 21.4. The summed E-state index contributed by atoms with van der Waals surface area (Å²) in [5, 5.41) is 6.27. The molecule has 1 aliphatic carbocycles. The molecule has 1 amide bonds. The van der Waals surface area contributed by atoms with Gasteiger partial charge in [0.25, 0.3) is 5.91 Å². The van der Waals surface area contributed by atoms with Gasteiger partial charge in [-0.3, -0.25) is 4.79 Å². The van der Waals surface area contributed by atoms with Crippen LogP contribution in [0.3, 0.4) is 0 Å². The molecule has 1 aromatic carbocycles. The van der Waals surface area contributed by atoms with Crippen molar-refractivity contribution in [2.45, 2.75) is 25.3 Å². The average molecular weight is 425 g/mol. The van der Waals surface area contributed by atoms with Crippen molar-refractivity contribution in [3.8, 4) is 22.8 Å². The number of aromatic amines is 1. The van der Waals surface area contributed by atoms with E-state index in [-0.39, 0.29) is 17.7 Å². The van der Waals surface area contributed by atoms with Gasteiger partial charge >= 0.3 is 0 Å². The summed E-state index contributed by atoms with van der Waals surface area (Å²) in [4.78, 5) is 24.7. The fourth-order valence-electron chi connectivity index (χ4n) is 3.85. The van der Waals surface area contributed by atoms with E-state index in [4.69, 9.17) is 9.47 Å². The smallest absolute Gasteiger partial charge is 0.255 e. The monoisotopic (exact) mass is 425 g/mol. The molecular formula is C22H24FN5O3. The number of hydrogen-bond donors (Lipinski definition) is 3. The van der Waals surface area contributed by atoms with Crippen LogP contribution in [0.5, 0.6) is 11.5 Å². The van der Waals surface area contributed by atoms with Gasteiger partial charge in [0.2, 0.25) is 0 Å². The summed E-state index contributed by atoms with van der Waals surface area (Å²) < 4.78 is 25.5. The van der Waals surface area contributed by atoms with Crippen LogP contribution in [0.2, 0.25) is 0 Å². The van der Waals surface area contributed by atoms with Gasteiger partial charge in [0.05, 0.1) is 24.8 Å². The number of fused-ring (bicyclic) bond motifs is 1. The summed E-state index contributed by atoms with van der Waals surface area (Å²) >= 11 is 0. The number of halogens is 1. The molecule has 3 heterocycles. The van der Waals surface area contributed by atoms with Gasteiger partial charge in [-0.2, -0.15) is 0 Å². The van der Waals surface area contributed by atoms with E-state index >= 15 is 0 Å². The van der Waals surface area contributed by atoms with Gasteiger partial charge in [-0.25, -0.2) is 14.4 Å². The molecule has 5 rings (SSSR count). The first-order valence-corrected chi connectivity index (χ1v) is 10.5. The molecule has 1 saturated heterocycles. The second kappa shape index (κ2) is 8.14. The number of ether oxygens (including phenoxy) is 2. The Morgan fingerprint density at radius 1 is 1.26 bits per heavy atom. The number of carbonyl (C=O) groups excluding carboxylic acids is 1. The first kappa shape index (κ1) is 19.7. The molecule has 0 bridgehead atoms. The van der Waals surface area contributed by atoms with E-state index in [9.17, 15) is 9.18 Å². The van der Waals surface area contributed by atoms with Crippen molar-refractivity contribution in [3.63, 3.8) is 0 Å². The highest BCUT2D eigenvalue weighted by Crippen LogP contribution is 2.39. The average Bonchev–Trinajstić information content (AvgIpc) is 3.27. The lowest BCUT2D eigenvalue weighted by molar-refractivity contribution is 0.0941. The van der Waals surface area contributed by atoms with Crippen molar-refractivity contribution in [1.82, 2.24) is 25.6 Å². The van der Waals surface area contributed by atoms with Crippen LogP contribution in [0.25, 0.3) is 22.3 Å². The molecule has 3 aromatic rings. The lowest BCUT2D eigenvalue weighted by Gasteiger charge is -2.14. The summed E-state index contributed by atoms with van der Waals surface area (Å²) in [6, 6.07) is 3.00. The second-order valence-corrected chi connectivity index (χ2v) is 8.05. The van der Waals surface area contributed by atoms with Crippen LogP contribution in [-0.2, 0) is 0 Å². The van der Waals surface area contributed by atoms with Crippen molar-refractivity contribution in [3.05, 3.63) is 36.0 Å². The Balaban J connectivity index is 1.53. The number of carbonyl (C=O) groups is 1. The van der Waals surface area contributed by atoms with E-state index in [2.05, 4.69) is 25.6 Å². The van der Waals surface area contributed by atoms with E-state index in [1.54, 1.807) is 12.3 Å². The van der Waals surface area contributed by atoms with E-state index < -0.39 is 5.82 Å². The minimum absolute atomic E-state index is 0.0961. The summed E-state index contributed by atoms with van der Waals surface area (Å²) in [6.45, 7) is 2.17. The largest absolute Gasteiger partial charge is 0.494 e. The van der Waals surface area contributed by atoms with Crippen molar-refractivity contribution >= 4 is 16.9 Å². The van der Waals surface area contributed by atoms with Gasteiger partial charge < -0.3 is 25.1 Å². The van der Waals surface area contributed by atoms with Gasteiger partial charge in [0, 0.05) is 30.4 Å². The Hall–Kier alpha value is -3.20. The molecule has 1 atom stereocenters. The molecule has 162 valence electrons. The molecule has 0 radical (unpaired) electrons. The number of H-pyrrole nitrogens is 1. The Morgan fingerprint density at radius 3 is 2.87 bits per heavy atom. The summed E-state index contributed by atoms with van der Waals surface area (Å²) in [5.41, 5.74) is 2.64. The number of nitrogens with one attached hydrogen (secondary N) is 3. The van der Waals surface area contributed by atoms with Crippen molar-refractivity contribution < 1.29 is 18.7 Å². The van der Waals surface area contributed by atoms with Gasteiger partial charge in [-0.15, -0.1) is 0 Å². The standard InChI is InChI=1S/C22H24FN5O3/c1-30-18-6-14(17(7-16(18)23)31-10-12-2-3-12)19-21-20(27-11-26-19)15(9-25-21)22(29)28-13-4-5-24-8-13/h6-7,9,11-13,24-25H,2-5,8,10H2,1H3,(H,28,29)/t13-/m1/s1. The number of methoxy groups -OCH3 is 1. The number of rotatable bonds is 7. The van der Waals surface area contributed by atoms with Gasteiger partial charge in [-0.05, 0) is 37.8 Å². The number of nitrogens with zero attached hydrogens (tertiary/aromatic N) is 2. The molecule has 2 aliphatic rings. The molecule has 1 saturated carbocycles. The SMILES string of the molecule is COc1cc(-c2ncnc3c(C(=O)N[C@@H]4CCNC4)c[nH]c23)c(OCC2CC2)cc1F. The maximum absolute atomic E-state index is 14.4. The summed E-state index contributed by atoms with van der Waals surface area (Å²) in [5.74, 6) is 0.307. The Morgan fingerprint density at radius 2 is 2.13 bits per heavy atom. The highest BCUT2D eigenvalue weighted by Gasteiger charge is 2.25. The highest BCUT2D eigenvalue weighted by atomic mass is 19.1. The lowest BCUT2D eigenvalue weighted by Crippen LogP contribution is -2.36. The first-order valence-electron chi connectivity index (χ1n) is 10.5. The molecule has 2 aromatic heterocycles. The van der Waals surface area contributed by atoms with Crippen molar-refractivity contribution in [1.29, 1.82) is 0 Å². The second-order valence-electron chi connectivity index (χ2n) is 8.05. The minimum Gasteiger partial charge on any atom is -0.494 e. The van der Waals surface area contributed by atoms with Crippen LogP contribution in [0, 0.1) is 11.7 Å². The third kappa shape index (κ3) is 3.93. The Labute approximate surface area is 178 Å². The zero-order valence-electron chi connectivity index (χ0n) is 17.2. The van der Waals surface area contributed by atoms with E-state index in [1.165, 1.54) is 19.5 Å². The fraction of sp³-hybridized carbons (Fsp3) is 0.409. The van der Waals surface area contributed by atoms with E-state index in [0.29, 0.717) is 46.1 Å². The van der Waals surface area contributed by atoms with Gasteiger partial charge in [0.1, 0.15) is 23.3 Å². The molecule has 3 N–H and O–H groups in total. The van der Waals surface area contributed by atoms with Crippen LogP contribution < -0.4 is 20.1 Å². The quantitative estimate of drug-likeness (QED) is 0.538. The minimum atomic E-state index is -0.501. The number of hydrogen-bond acceptors (Lipinski definition) is 6. The summed E-state index contributed by atoms with van der Waals surface area (Å²) in [6.07, 6.45) is 6.17. The van der Waals surface area contributed by atoms with Gasteiger partial charge in [-0.1, -0.05) is 0 Å². The molecular weight excluding hydrogens is 401 g/mol. The third-order valence-electron chi connectivity index (χ3n) is 5.78. The third-order valence-corrected chi connectivity index (χ3v) is 5.78. The first-order chi connectivity index (χ1) is 15.1. The Bertz CT molecular complexity index is 1120. The van der Waals surface area contributed by atoms with Crippen LogP contribution >= 0.6 is 0 Å². The van der Waals surface area contributed by atoms with Crippen LogP contribution in [-0.4, -0.2) is 53.7 Å². The molecule has 8 nitrogen and oxygen atoms in total. The molecule has 31 heavy (non-hydrogen) atoms. The number of benzene rings is 1. The van der Waals surface area contributed by atoms with Crippen molar-refractivity contribution in [2.24, 2.45) is 5.92 Å². The number of amides is 1. The maximum Gasteiger partial charge on any atom is 0.255 e. The fourth-order valence-corrected chi connectivity index (χ4v) is 3.85. The molecule has 1 aliphatic heterocycles. The maximum atomic E-state index is 14.4. The predicted molar refractivity (Wildman–Crippen MR) is 113 cm³/mol. The van der Waals surface area contributed by atoms with E-state index in [1.807, 2.05) is 0 Å². The highest BCUT2D eigenvalue weighted by molar-refractivity contribution is 6.08. The van der Waals surface area contributed by atoms with Crippen LogP contribution in [0.4, 0.5) is 4.39 Å². The normalized spacial score (nSPS) is 18.3. The van der Waals surface area contributed by atoms with Gasteiger partial charge in [0.15, 0.2) is 11.6 Å². The Kier molecular flexibility index (Phi) is 5.19. The van der Waals surface area contributed by atoms with Crippen LogP contribution in [0.1, 0.15) is 29.6 Å². The molecule has 0 unspecified atom stereocenters. The molecule has 2 fully saturated rings. The molecule has 0 spiro atoms. The lowest BCUT2D eigenvalue weighted by atomic mass is 10.1. The van der Waals surface area contributed by atoms with E-state index in [0.717, 1.165) is 32.4 Å².